The van der Waals surface area contributed by atoms with Crippen LogP contribution >= 0.6 is 0 Å². The molecule has 0 aliphatic carbocycles. The molecule has 0 amide bonds. The number of aryl methyl sites for hydroxylation is 1. The van der Waals surface area contributed by atoms with Gasteiger partial charge in [0.15, 0.2) is 0 Å². The number of ether oxygens (including phenoxy) is 1. The highest BCUT2D eigenvalue weighted by Crippen LogP contribution is 2.15. The van der Waals surface area contributed by atoms with Crippen LogP contribution in [0.4, 0.5) is 11.4 Å². The summed E-state index contributed by atoms with van der Waals surface area (Å²) in [7, 11) is 3.81. The second-order valence-electron chi connectivity index (χ2n) is 4.36. The molecule has 0 aliphatic rings. The van der Waals surface area contributed by atoms with Crippen LogP contribution in [0.2, 0.25) is 0 Å². The number of anilines is 2. The third kappa shape index (κ3) is 5.56. The van der Waals surface area contributed by atoms with Gasteiger partial charge in [-0.3, -0.25) is 0 Å². The maximum atomic E-state index is 5.79. The number of hydrogen-bond acceptors (Lipinski definition) is 4. The highest BCUT2D eigenvalue weighted by molar-refractivity contribution is 5.56. The first-order chi connectivity index (χ1) is 8.11. The molecule has 0 unspecified atom stereocenters. The minimum Gasteiger partial charge on any atom is -0.399 e. The Kier molecular flexibility index (Phi) is 5.80. The van der Waals surface area contributed by atoms with Crippen LogP contribution in [0.15, 0.2) is 18.2 Å². The van der Waals surface area contributed by atoms with Gasteiger partial charge in [-0.25, -0.2) is 0 Å². The average molecular weight is 237 g/mol. The van der Waals surface area contributed by atoms with E-state index in [0.717, 1.165) is 37.6 Å². The van der Waals surface area contributed by atoms with E-state index in [1.807, 2.05) is 19.1 Å². The summed E-state index contributed by atoms with van der Waals surface area (Å²) in [6.07, 6.45) is 0. The van der Waals surface area contributed by atoms with Gasteiger partial charge in [0.1, 0.15) is 0 Å². The molecule has 4 nitrogen and oxygen atoms in total. The van der Waals surface area contributed by atoms with Gasteiger partial charge >= 0.3 is 0 Å². The predicted molar refractivity (Wildman–Crippen MR) is 73.5 cm³/mol. The van der Waals surface area contributed by atoms with Crippen molar-refractivity contribution in [2.45, 2.75) is 6.92 Å². The highest BCUT2D eigenvalue weighted by atomic mass is 16.5. The fourth-order valence-corrected chi connectivity index (χ4v) is 1.66. The maximum Gasteiger partial charge on any atom is 0.0589 e. The highest BCUT2D eigenvalue weighted by Gasteiger charge is 1.99. The summed E-state index contributed by atoms with van der Waals surface area (Å²) in [4.78, 5) is 2.23. The first kappa shape index (κ1) is 13.8. The van der Waals surface area contributed by atoms with Gasteiger partial charge in [0.2, 0.25) is 0 Å². The van der Waals surface area contributed by atoms with E-state index >= 15 is 0 Å². The summed E-state index contributed by atoms with van der Waals surface area (Å²) in [6.45, 7) is 5.66. The SMILES string of the molecule is COCCN(C)CCNc1cc(C)cc(N)c1. The molecule has 1 aromatic rings. The molecule has 17 heavy (non-hydrogen) atoms. The number of nitrogen functional groups attached to an aromatic ring is 1. The molecule has 0 heterocycles. The number of rotatable bonds is 7. The first-order valence-electron chi connectivity index (χ1n) is 5.90. The number of likely N-dealkylation sites (N-methyl/N-ethyl adjacent to an activating group) is 1. The van der Waals surface area contributed by atoms with Crippen molar-refractivity contribution in [3.8, 4) is 0 Å². The molecule has 96 valence electrons. The fourth-order valence-electron chi connectivity index (χ4n) is 1.66. The Bertz CT molecular complexity index is 321. The van der Waals surface area contributed by atoms with Crippen LogP contribution in [-0.4, -0.2) is 45.3 Å². The van der Waals surface area contributed by atoms with Crippen molar-refractivity contribution >= 4 is 11.4 Å². The van der Waals surface area contributed by atoms with E-state index in [1.54, 1.807) is 7.11 Å². The van der Waals surface area contributed by atoms with Crippen molar-refractivity contribution in [3.05, 3.63) is 23.8 Å². The zero-order chi connectivity index (χ0) is 12.7. The van der Waals surface area contributed by atoms with Crippen LogP contribution in [0.3, 0.4) is 0 Å². The molecule has 0 fully saturated rings. The number of hydrogen-bond donors (Lipinski definition) is 2. The lowest BCUT2D eigenvalue weighted by Gasteiger charge is -2.17. The number of nitrogens with zero attached hydrogens (tertiary/aromatic N) is 1. The molecule has 4 heteroatoms. The first-order valence-corrected chi connectivity index (χ1v) is 5.90. The lowest BCUT2D eigenvalue weighted by atomic mass is 10.2. The zero-order valence-corrected chi connectivity index (χ0v) is 11.0. The second kappa shape index (κ2) is 7.14. The number of benzene rings is 1. The van der Waals surface area contributed by atoms with Crippen molar-refractivity contribution < 1.29 is 4.74 Å². The van der Waals surface area contributed by atoms with Gasteiger partial charge in [0.05, 0.1) is 6.61 Å². The Morgan fingerprint density at radius 2 is 2.06 bits per heavy atom. The molecule has 0 atom stereocenters. The third-order valence-electron chi connectivity index (χ3n) is 2.60. The van der Waals surface area contributed by atoms with Crippen LogP contribution in [0.1, 0.15) is 5.56 Å². The molecular formula is C13H23N3O. The molecule has 0 saturated heterocycles. The molecule has 0 spiro atoms. The molecule has 0 saturated carbocycles. The summed E-state index contributed by atoms with van der Waals surface area (Å²) >= 11 is 0. The molecule has 0 aliphatic heterocycles. The normalized spacial score (nSPS) is 10.8. The Morgan fingerprint density at radius 1 is 1.29 bits per heavy atom. The van der Waals surface area contributed by atoms with Crippen molar-refractivity contribution in [2.24, 2.45) is 0 Å². The topological polar surface area (TPSA) is 50.5 Å². The van der Waals surface area contributed by atoms with Crippen LogP contribution < -0.4 is 11.1 Å². The number of methoxy groups -OCH3 is 1. The Balaban J connectivity index is 2.30. The number of nitrogens with two attached hydrogens (primary N) is 1. The van der Waals surface area contributed by atoms with Crippen LogP contribution in [0.5, 0.6) is 0 Å². The predicted octanol–water partition coefficient (Wildman–Crippen LogP) is 1.57. The van der Waals surface area contributed by atoms with Gasteiger partial charge in [-0.15, -0.1) is 0 Å². The summed E-state index contributed by atoms with van der Waals surface area (Å²) in [6, 6.07) is 6.03. The monoisotopic (exact) mass is 237 g/mol. The molecule has 0 radical (unpaired) electrons. The molecule has 0 aromatic heterocycles. The van der Waals surface area contributed by atoms with E-state index in [1.165, 1.54) is 5.56 Å². The average Bonchev–Trinajstić information content (AvgIpc) is 2.25. The summed E-state index contributed by atoms with van der Waals surface area (Å²) in [5, 5.41) is 3.37. The number of nitrogens with one attached hydrogen (secondary N) is 1. The van der Waals surface area contributed by atoms with Crippen LogP contribution in [-0.2, 0) is 4.74 Å². The second-order valence-corrected chi connectivity index (χ2v) is 4.36. The largest absolute Gasteiger partial charge is 0.399 e. The van der Waals surface area contributed by atoms with Gasteiger partial charge < -0.3 is 20.7 Å². The van der Waals surface area contributed by atoms with Crippen molar-refractivity contribution in [1.82, 2.24) is 4.90 Å². The molecule has 3 N–H and O–H groups in total. The quantitative estimate of drug-likeness (QED) is 0.707. The molecule has 1 rings (SSSR count). The van der Waals surface area contributed by atoms with Crippen molar-refractivity contribution in [2.75, 3.05) is 51.4 Å². The van der Waals surface area contributed by atoms with Crippen molar-refractivity contribution in [1.29, 1.82) is 0 Å². The fraction of sp³-hybridized carbons (Fsp3) is 0.538. The smallest absolute Gasteiger partial charge is 0.0589 e. The molecular weight excluding hydrogens is 214 g/mol. The zero-order valence-electron chi connectivity index (χ0n) is 11.0. The summed E-state index contributed by atoms with van der Waals surface area (Å²) in [5.41, 5.74) is 8.86. The van der Waals surface area contributed by atoms with E-state index in [2.05, 4.69) is 23.3 Å². The van der Waals surface area contributed by atoms with E-state index in [0.29, 0.717) is 0 Å². The lowest BCUT2D eigenvalue weighted by molar-refractivity contribution is 0.163. The maximum absolute atomic E-state index is 5.79. The lowest BCUT2D eigenvalue weighted by Crippen LogP contribution is -2.28. The standard InChI is InChI=1S/C13H23N3O/c1-11-8-12(14)10-13(9-11)15-4-5-16(2)6-7-17-3/h8-10,15H,4-7,14H2,1-3H3. The van der Waals surface area contributed by atoms with Gasteiger partial charge in [-0.1, -0.05) is 0 Å². The van der Waals surface area contributed by atoms with Crippen LogP contribution in [0, 0.1) is 6.92 Å². The minimum atomic E-state index is 0.772. The van der Waals surface area contributed by atoms with Crippen molar-refractivity contribution in [3.63, 3.8) is 0 Å². The molecule has 0 bridgehead atoms. The Hall–Kier alpha value is -1.26. The summed E-state index contributed by atoms with van der Waals surface area (Å²) < 4.78 is 5.03. The third-order valence-corrected chi connectivity index (χ3v) is 2.60. The van der Waals surface area contributed by atoms with Gasteiger partial charge in [-0.2, -0.15) is 0 Å². The van der Waals surface area contributed by atoms with Gasteiger partial charge in [0, 0.05) is 38.1 Å². The Labute approximate surface area is 104 Å². The van der Waals surface area contributed by atoms with E-state index in [4.69, 9.17) is 10.5 Å². The molecule has 1 aromatic carbocycles. The Morgan fingerprint density at radius 3 is 2.71 bits per heavy atom. The van der Waals surface area contributed by atoms with Gasteiger partial charge in [0.25, 0.3) is 0 Å². The summed E-state index contributed by atoms with van der Waals surface area (Å²) in [5.74, 6) is 0. The van der Waals surface area contributed by atoms with E-state index in [-0.39, 0.29) is 0 Å². The minimum absolute atomic E-state index is 0.772. The van der Waals surface area contributed by atoms with E-state index in [9.17, 15) is 0 Å². The van der Waals surface area contributed by atoms with Gasteiger partial charge in [-0.05, 0) is 37.7 Å². The van der Waals surface area contributed by atoms with Crippen LogP contribution in [0.25, 0.3) is 0 Å². The van der Waals surface area contributed by atoms with E-state index < -0.39 is 0 Å².